The van der Waals surface area contributed by atoms with Gasteiger partial charge in [0.05, 0.1) is 17.9 Å². The molecule has 1 rings (SSSR count). The van der Waals surface area contributed by atoms with E-state index in [0.717, 1.165) is 18.1 Å². The van der Waals surface area contributed by atoms with Gasteiger partial charge in [0.15, 0.2) is 5.82 Å². The Morgan fingerprint density at radius 1 is 1.53 bits per heavy atom. The third-order valence-electron chi connectivity index (χ3n) is 2.74. The highest BCUT2D eigenvalue weighted by Gasteiger charge is 2.18. The van der Waals surface area contributed by atoms with Gasteiger partial charge in [-0.05, 0) is 20.8 Å². The van der Waals surface area contributed by atoms with Gasteiger partial charge in [0.2, 0.25) is 5.91 Å². The summed E-state index contributed by atoms with van der Waals surface area (Å²) in [7, 11) is 1.63. The Hall–Kier alpha value is -1.72. The lowest BCUT2D eigenvalue weighted by Gasteiger charge is -2.23. The average Bonchev–Trinajstić information content (AvgIpc) is 2.62. The minimum atomic E-state index is -0.0345. The van der Waals surface area contributed by atoms with Crippen LogP contribution in [0.15, 0.2) is 0 Å². The molecular weight excluding hydrogens is 218 g/mol. The van der Waals surface area contributed by atoms with Crippen LogP contribution >= 0.6 is 0 Å². The third-order valence-corrected chi connectivity index (χ3v) is 2.74. The number of hydrogen-bond donors (Lipinski definition) is 2. The lowest BCUT2D eigenvalue weighted by molar-refractivity contribution is -0.119. The normalized spacial score (nSPS) is 10.4. The molecule has 1 heterocycles. The number of carbonyl (C=O) groups is 1. The van der Waals surface area contributed by atoms with Gasteiger partial charge in [-0.2, -0.15) is 5.10 Å². The number of nitrogen functional groups attached to an aromatic ring is 1. The van der Waals surface area contributed by atoms with Gasteiger partial charge in [-0.15, -0.1) is 0 Å². The lowest BCUT2D eigenvalue weighted by atomic mass is 10.3. The molecule has 0 aliphatic rings. The van der Waals surface area contributed by atoms with Crippen molar-refractivity contribution < 1.29 is 4.79 Å². The maximum atomic E-state index is 11.4. The summed E-state index contributed by atoms with van der Waals surface area (Å²) in [6, 6.07) is 0. The van der Waals surface area contributed by atoms with Gasteiger partial charge in [-0.1, -0.05) is 0 Å². The van der Waals surface area contributed by atoms with Crippen molar-refractivity contribution in [2.75, 3.05) is 30.8 Å². The van der Waals surface area contributed by atoms with Crippen LogP contribution in [-0.4, -0.2) is 35.8 Å². The predicted octanol–water partition coefficient (Wildman–Crippen LogP) is 0.366. The Labute approximate surface area is 102 Å². The van der Waals surface area contributed by atoms with E-state index in [1.807, 2.05) is 30.4 Å². The van der Waals surface area contributed by atoms with E-state index in [1.54, 1.807) is 7.05 Å². The Morgan fingerprint density at radius 3 is 2.65 bits per heavy atom. The third kappa shape index (κ3) is 2.69. The van der Waals surface area contributed by atoms with Crippen molar-refractivity contribution in [1.29, 1.82) is 0 Å². The van der Waals surface area contributed by atoms with Crippen LogP contribution in [-0.2, 0) is 11.3 Å². The predicted molar refractivity (Wildman–Crippen MR) is 69.0 cm³/mol. The van der Waals surface area contributed by atoms with Crippen molar-refractivity contribution in [2.45, 2.75) is 27.3 Å². The molecule has 1 aromatic heterocycles. The zero-order chi connectivity index (χ0) is 13.0. The number of nitrogens with two attached hydrogens (primary N) is 1. The van der Waals surface area contributed by atoms with Crippen molar-refractivity contribution in [3.8, 4) is 0 Å². The monoisotopic (exact) mass is 239 g/mol. The fourth-order valence-electron chi connectivity index (χ4n) is 1.73. The second kappa shape index (κ2) is 5.56. The summed E-state index contributed by atoms with van der Waals surface area (Å²) in [5.74, 6) is 0.795. The number of anilines is 2. The molecule has 0 saturated heterocycles. The summed E-state index contributed by atoms with van der Waals surface area (Å²) in [6.07, 6.45) is 0. The summed E-state index contributed by atoms with van der Waals surface area (Å²) in [5.41, 5.74) is 7.47. The first-order valence-electron chi connectivity index (χ1n) is 5.83. The van der Waals surface area contributed by atoms with Gasteiger partial charge in [0.25, 0.3) is 0 Å². The van der Waals surface area contributed by atoms with Crippen LogP contribution in [0.25, 0.3) is 0 Å². The topological polar surface area (TPSA) is 76.2 Å². The molecule has 96 valence electrons. The first-order valence-corrected chi connectivity index (χ1v) is 5.83. The van der Waals surface area contributed by atoms with E-state index < -0.39 is 0 Å². The van der Waals surface area contributed by atoms with Crippen LogP contribution in [0, 0.1) is 6.92 Å². The van der Waals surface area contributed by atoms with Gasteiger partial charge in [-0.25, -0.2) is 4.68 Å². The molecule has 1 aromatic rings. The first kappa shape index (κ1) is 13.3. The Bertz CT molecular complexity index is 399. The zero-order valence-electron chi connectivity index (χ0n) is 10.9. The fourth-order valence-corrected chi connectivity index (χ4v) is 1.73. The summed E-state index contributed by atoms with van der Waals surface area (Å²) in [6.45, 7) is 7.61. The molecule has 0 aromatic carbocycles. The van der Waals surface area contributed by atoms with E-state index >= 15 is 0 Å². The number of nitrogens with one attached hydrogen (secondary N) is 1. The fraction of sp³-hybridized carbons (Fsp3) is 0.636. The molecule has 0 bridgehead atoms. The molecule has 6 heteroatoms. The number of nitrogens with zero attached hydrogens (tertiary/aromatic N) is 3. The molecule has 0 saturated carbocycles. The second-order valence-corrected chi connectivity index (χ2v) is 3.83. The van der Waals surface area contributed by atoms with Gasteiger partial charge >= 0.3 is 0 Å². The van der Waals surface area contributed by atoms with Crippen LogP contribution in [0.2, 0.25) is 0 Å². The van der Waals surface area contributed by atoms with Crippen molar-refractivity contribution in [3.05, 3.63) is 5.69 Å². The number of hydrogen-bond acceptors (Lipinski definition) is 4. The largest absolute Gasteiger partial charge is 0.394 e. The van der Waals surface area contributed by atoms with Crippen molar-refractivity contribution in [3.63, 3.8) is 0 Å². The molecule has 0 atom stereocenters. The van der Waals surface area contributed by atoms with E-state index in [-0.39, 0.29) is 5.91 Å². The van der Waals surface area contributed by atoms with E-state index in [2.05, 4.69) is 10.4 Å². The molecule has 0 fully saturated rings. The number of rotatable bonds is 5. The molecule has 0 aliphatic heterocycles. The van der Waals surface area contributed by atoms with Gasteiger partial charge in [-0.3, -0.25) is 4.79 Å². The molecule has 0 unspecified atom stereocenters. The maximum Gasteiger partial charge on any atom is 0.239 e. The number of aromatic nitrogens is 2. The van der Waals surface area contributed by atoms with Crippen LogP contribution < -0.4 is 16.0 Å². The molecule has 6 nitrogen and oxygen atoms in total. The standard InChI is InChI=1S/C11H21N5O/c1-5-15(7-9(17)13-4)11-10(12)8(3)14-16(11)6-2/h5-7,12H2,1-4H3,(H,13,17). The first-order chi connectivity index (χ1) is 8.04. The zero-order valence-corrected chi connectivity index (χ0v) is 10.9. The summed E-state index contributed by atoms with van der Waals surface area (Å²) in [5, 5.41) is 6.96. The number of aryl methyl sites for hydroxylation is 2. The van der Waals surface area contributed by atoms with Crippen LogP contribution in [0.4, 0.5) is 11.5 Å². The Kier molecular flexibility index (Phi) is 4.37. The van der Waals surface area contributed by atoms with Gasteiger partial charge in [0.1, 0.15) is 0 Å². The molecule has 0 spiro atoms. The van der Waals surface area contributed by atoms with Gasteiger partial charge in [0, 0.05) is 20.1 Å². The van der Waals surface area contributed by atoms with Crippen molar-refractivity contribution >= 4 is 17.4 Å². The molecule has 0 aliphatic carbocycles. The summed E-state index contributed by atoms with van der Waals surface area (Å²) < 4.78 is 1.83. The number of amides is 1. The highest BCUT2D eigenvalue weighted by Crippen LogP contribution is 2.26. The average molecular weight is 239 g/mol. The lowest BCUT2D eigenvalue weighted by Crippen LogP contribution is -2.37. The molecule has 17 heavy (non-hydrogen) atoms. The minimum Gasteiger partial charge on any atom is -0.394 e. The second-order valence-electron chi connectivity index (χ2n) is 3.83. The SMILES string of the molecule is CCN(CC(=O)NC)c1c(N)c(C)nn1CC. The van der Waals surface area contributed by atoms with E-state index in [9.17, 15) is 4.79 Å². The summed E-state index contributed by atoms with van der Waals surface area (Å²) in [4.78, 5) is 13.4. The number of carbonyl (C=O) groups excluding carboxylic acids is 1. The van der Waals surface area contributed by atoms with Gasteiger partial charge < -0.3 is 16.0 Å². The minimum absolute atomic E-state index is 0.0345. The van der Waals surface area contributed by atoms with Crippen LogP contribution in [0.1, 0.15) is 19.5 Å². The maximum absolute atomic E-state index is 11.4. The number of likely N-dealkylation sites (N-methyl/N-ethyl adjacent to an activating group) is 2. The Balaban J connectivity index is 3.06. The van der Waals surface area contributed by atoms with E-state index in [1.165, 1.54) is 0 Å². The highest BCUT2D eigenvalue weighted by molar-refractivity contribution is 5.82. The van der Waals surface area contributed by atoms with Crippen molar-refractivity contribution in [1.82, 2.24) is 15.1 Å². The molecule has 3 N–H and O–H groups in total. The van der Waals surface area contributed by atoms with Crippen LogP contribution in [0.3, 0.4) is 0 Å². The van der Waals surface area contributed by atoms with E-state index in [0.29, 0.717) is 18.8 Å². The molecular formula is C11H21N5O. The molecule has 0 radical (unpaired) electrons. The molecule has 1 amide bonds. The quantitative estimate of drug-likeness (QED) is 0.778. The smallest absolute Gasteiger partial charge is 0.239 e. The van der Waals surface area contributed by atoms with Crippen molar-refractivity contribution in [2.24, 2.45) is 0 Å². The highest BCUT2D eigenvalue weighted by atomic mass is 16.1. The Morgan fingerprint density at radius 2 is 2.18 bits per heavy atom. The van der Waals surface area contributed by atoms with E-state index in [4.69, 9.17) is 5.73 Å². The van der Waals surface area contributed by atoms with Crippen LogP contribution in [0.5, 0.6) is 0 Å². The summed E-state index contributed by atoms with van der Waals surface area (Å²) >= 11 is 0.